The van der Waals surface area contributed by atoms with Crippen LogP contribution in [0.25, 0.3) is 0 Å². The summed E-state index contributed by atoms with van der Waals surface area (Å²) in [5.74, 6) is 0.449. The van der Waals surface area contributed by atoms with Gasteiger partial charge in [-0.05, 0) is 61.4 Å². The van der Waals surface area contributed by atoms with Gasteiger partial charge in [0.2, 0.25) is 0 Å². The fourth-order valence-corrected chi connectivity index (χ4v) is 2.83. The molecular weight excluding hydrogens is 277 g/mol. The predicted molar refractivity (Wildman–Crippen MR) is 84.2 cm³/mol. The highest BCUT2D eigenvalue weighted by Crippen LogP contribution is 2.24. The van der Waals surface area contributed by atoms with Crippen LogP contribution in [0, 0.1) is 17.1 Å². The van der Waals surface area contributed by atoms with Crippen LogP contribution in [0.2, 0.25) is 0 Å². The first-order valence-electron chi connectivity index (χ1n) is 7.67. The van der Waals surface area contributed by atoms with E-state index in [4.69, 9.17) is 0 Å². The van der Waals surface area contributed by atoms with E-state index in [9.17, 15) is 9.65 Å². The summed E-state index contributed by atoms with van der Waals surface area (Å²) in [6.45, 7) is 0.673. The Morgan fingerprint density at radius 3 is 2.73 bits per heavy atom. The van der Waals surface area contributed by atoms with Gasteiger partial charge in [0.05, 0.1) is 5.56 Å². The maximum absolute atomic E-state index is 12.9. The molecule has 1 aromatic carbocycles. The zero-order valence-electron chi connectivity index (χ0n) is 12.4. The van der Waals surface area contributed by atoms with E-state index >= 15 is 0 Å². The summed E-state index contributed by atoms with van der Waals surface area (Å²) >= 11 is 0. The topological polar surface area (TPSA) is 48.7 Å². The maximum atomic E-state index is 12.9. The lowest BCUT2D eigenvalue weighted by molar-refractivity contribution is 0.627. The Morgan fingerprint density at radius 2 is 1.95 bits per heavy atom. The van der Waals surface area contributed by atoms with Gasteiger partial charge in [-0.3, -0.25) is 0 Å². The summed E-state index contributed by atoms with van der Waals surface area (Å²) in [7, 11) is 0. The number of nitriles is 1. The second-order valence-electron chi connectivity index (χ2n) is 5.61. The Morgan fingerprint density at radius 1 is 1.18 bits per heavy atom. The minimum atomic E-state index is -0.222. The molecule has 2 aromatic rings. The summed E-state index contributed by atoms with van der Waals surface area (Å²) in [5, 5.41) is 12.5. The molecule has 0 spiro atoms. The average Bonchev–Trinajstić information content (AvgIpc) is 2.56. The van der Waals surface area contributed by atoms with Gasteiger partial charge in [-0.2, -0.15) is 5.26 Å². The van der Waals surface area contributed by atoms with Crippen molar-refractivity contribution < 1.29 is 4.39 Å². The third kappa shape index (κ3) is 3.25. The lowest BCUT2D eigenvalue weighted by Crippen LogP contribution is -2.12. The van der Waals surface area contributed by atoms with E-state index < -0.39 is 0 Å². The number of fused-ring (bicyclic) bond motifs is 1. The molecule has 1 aliphatic rings. The Balaban J connectivity index is 1.69. The monoisotopic (exact) mass is 295 g/mol. The number of nitrogens with one attached hydrogen (secondary N) is 1. The second kappa shape index (κ2) is 6.57. The van der Waals surface area contributed by atoms with Crippen LogP contribution in [0.1, 0.15) is 35.2 Å². The van der Waals surface area contributed by atoms with Gasteiger partial charge in [-0.1, -0.05) is 12.1 Å². The SMILES string of the molecule is N#Cc1cc2c(nc1NCCc1ccc(F)cc1)CCCC2. The first-order valence-corrected chi connectivity index (χ1v) is 7.67. The molecule has 1 aromatic heterocycles. The molecule has 0 atom stereocenters. The van der Waals surface area contributed by atoms with Crippen molar-refractivity contribution in [3.63, 3.8) is 0 Å². The van der Waals surface area contributed by atoms with Crippen molar-refractivity contribution in [3.05, 3.63) is 58.5 Å². The number of halogens is 1. The van der Waals surface area contributed by atoms with E-state index in [1.54, 1.807) is 12.1 Å². The minimum Gasteiger partial charge on any atom is -0.369 e. The summed E-state index contributed by atoms with van der Waals surface area (Å²) in [6, 6.07) is 10.7. The van der Waals surface area contributed by atoms with Crippen LogP contribution in [0.15, 0.2) is 30.3 Å². The number of pyridine rings is 1. The zero-order chi connectivity index (χ0) is 15.4. The summed E-state index contributed by atoms with van der Waals surface area (Å²) in [4.78, 5) is 4.64. The lowest BCUT2D eigenvalue weighted by Gasteiger charge is -2.17. The fraction of sp³-hybridized carbons (Fsp3) is 0.333. The van der Waals surface area contributed by atoms with E-state index in [0.717, 1.165) is 30.5 Å². The number of hydrogen-bond acceptors (Lipinski definition) is 3. The van der Waals surface area contributed by atoms with Gasteiger partial charge in [-0.25, -0.2) is 9.37 Å². The van der Waals surface area contributed by atoms with Crippen molar-refractivity contribution in [2.45, 2.75) is 32.1 Å². The average molecular weight is 295 g/mol. The molecule has 112 valence electrons. The zero-order valence-corrected chi connectivity index (χ0v) is 12.4. The van der Waals surface area contributed by atoms with Gasteiger partial charge >= 0.3 is 0 Å². The third-order valence-corrected chi connectivity index (χ3v) is 4.04. The highest BCUT2D eigenvalue weighted by Gasteiger charge is 2.14. The molecule has 4 heteroatoms. The van der Waals surface area contributed by atoms with E-state index in [1.165, 1.54) is 30.5 Å². The molecule has 22 heavy (non-hydrogen) atoms. The van der Waals surface area contributed by atoms with Crippen LogP contribution in [-0.4, -0.2) is 11.5 Å². The molecule has 0 amide bonds. The largest absolute Gasteiger partial charge is 0.369 e. The van der Waals surface area contributed by atoms with Crippen molar-refractivity contribution in [1.29, 1.82) is 5.26 Å². The minimum absolute atomic E-state index is 0.222. The maximum Gasteiger partial charge on any atom is 0.144 e. The standard InChI is InChI=1S/C18H18FN3/c19-16-7-5-13(6-8-16)9-10-21-18-15(12-20)11-14-3-1-2-4-17(14)22-18/h5-8,11H,1-4,9-10H2,(H,21,22). The van der Waals surface area contributed by atoms with Gasteiger partial charge in [0.1, 0.15) is 17.7 Å². The number of nitrogens with zero attached hydrogens (tertiary/aromatic N) is 2. The quantitative estimate of drug-likeness (QED) is 0.937. The molecule has 0 saturated carbocycles. The summed E-state index contributed by atoms with van der Waals surface area (Å²) in [5.41, 5.74) is 4.01. The molecule has 0 unspecified atom stereocenters. The number of rotatable bonds is 4. The van der Waals surface area contributed by atoms with E-state index in [2.05, 4.69) is 16.4 Å². The van der Waals surface area contributed by atoms with E-state index in [0.29, 0.717) is 17.9 Å². The molecule has 1 aliphatic carbocycles. The van der Waals surface area contributed by atoms with Gasteiger partial charge in [-0.15, -0.1) is 0 Å². The fourth-order valence-electron chi connectivity index (χ4n) is 2.83. The van der Waals surface area contributed by atoms with Crippen LogP contribution in [0.4, 0.5) is 10.2 Å². The Bertz CT molecular complexity index is 702. The van der Waals surface area contributed by atoms with Crippen molar-refractivity contribution in [2.75, 3.05) is 11.9 Å². The van der Waals surface area contributed by atoms with Crippen LogP contribution in [0.3, 0.4) is 0 Å². The molecular formula is C18H18FN3. The van der Waals surface area contributed by atoms with Gasteiger partial charge in [0.25, 0.3) is 0 Å². The Hall–Kier alpha value is -2.41. The second-order valence-corrected chi connectivity index (χ2v) is 5.61. The summed E-state index contributed by atoms with van der Waals surface area (Å²) < 4.78 is 12.9. The van der Waals surface area contributed by atoms with Crippen LogP contribution >= 0.6 is 0 Å². The normalized spacial score (nSPS) is 13.3. The highest BCUT2D eigenvalue weighted by atomic mass is 19.1. The molecule has 1 heterocycles. The Kier molecular flexibility index (Phi) is 4.34. The molecule has 0 saturated heterocycles. The molecule has 0 aliphatic heterocycles. The van der Waals surface area contributed by atoms with Crippen LogP contribution < -0.4 is 5.32 Å². The smallest absolute Gasteiger partial charge is 0.144 e. The van der Waals surface area contributed by atoms with Crippen molar-refractivity contribution >= 4 is 5.82 Å². The van der Waals surface area contributed by atoms with Crippen molar-refractivity contribution in [2.24, 2.45) is 0 Å². The van der Waals surface area contributed by atoms with E-state index in [1.807, 2.05) is 6.07 Å². The molecule has 3 nitrogen and oxygen atoms in total. The number of aryl methyl sites for hydroxylation is 2. The van der Waals surface area contributed by atoms with Gasteiger partial charge < -0.3 is 5.32 Å². The lowest BCUT2D eigenvalue weighted by atomic mass is 9.95. The number of benzene rings is 1. The van der Waals surface area contributed by atoms with Crippen molar-refractivity contribution in [1.82, 2.24) is 4.98 Å². The van der Waals surface area contributed by atoms with E-state index in [-0.39, 0.29) is 5.82 Å². The first-order chi connectivity index (χ1) is 10.8. The highest BCUT2D eigenvalue weighted by molar-refractivity contribution is 5.54. The van der Waals surface area contributed by atoms with Gasteiger partial charge in [0, 0.05) is 12.2 Å². The van der Waals surface area contributed by atoms with Crippen molar-refractivity contribution in [3.8, 4) is 6.07 Å². The number of aromatic nitrogens is 1. The Labute approximate surface area is 129 Å². The molecule has 0 fully saturated rings. The molecule has 0 bridgehead atoms. The third-order valence-electron chi connectivity index (χ3n) is 4.04. The van der Waals surface area contributed by atoms with Crippen LogP contribution in [-0.2, 0) is 19.3 Å². The van der Waals surface area contributed by atoms with Crippen LogP contribution in [0.5, 0.6) is 0 Å². The molecule has 0 radical (unpaired) electrons. The molecule has 3 rings (SSSR count). The number of hydrogen-bond donors (Lipinski definition) is 1. The first kappa shape index (κ1) is 14.5. The van der Waals surface area contributed by atoms with Gasteiger partial charge in [0.15, 0.2) is 0 Å². The number of anilines is 1. The predicted octanol–water partition coefficient (Wildman–Crippen LogP) is 3.63. The summed E-state index contributed by atoms with van der Waals surface area (Å²) in [6.07, 6.45) is 5.13. The molecule has 1 N–H and O–H groups in total.